The number of alkyl halides is 2. The number of carbonyl (C=O) groups excluding carboxylic acids is 1. The second-order valence-electron chi connectivity index (χ2n) is 8.72. The summed E-state index contributed by atoms with van der Waals surface area (Å²) in [4.78, 5) is 18.1. The zero-order valence-electron chi connectivity index (χ0n) is 17.0. The van der Waals surface area contributed by atoms with Crippen molar-refractivity contribution in [2.75, 3.05) is 5.32 Å². The highest BCUT2D eigenvalue weighted by Gasteiger charge is 2.42. The highest BCUT2D eigenvalue weighted by molar-refractivity contribution is 6.30. The van der Waals surface area contributed by atoms with E-state index in [1.807, 2.05) is 42.7 Å². The molecule has 2 aliphatic rings. The van der Waals surface area contributed by atoms with Gasteiger partial charge in [-0.3, -0.25) is 9.36 Å². The molecular formula is C23H20ClF2N3O2. The normalized spacial score (nSPS) is 19.9. The first-order valence-electron chi connectivity index (χ1n) is 9.98. The zero-order chi connectivity index (χ0) is 21.9. The Morgan fingerprint density at radius 2 is 2.00 bits per heavy atom. The number of hydrogen-bond acceptors (Lipinski definition) is 4. The molecule has 0 amide bonds. The van der Waals surface area contributed by atoms with E-state index in [4.69, 9.17) is 21.3 Å². The van der Waals surface area contributed by atoms with Crippen molar-refractivity contribution in [3.05, 3.63) is 64.3 Å². The topological polar surface area (TPSA) is 56.2 Å². The Hall–Kier alpha value is -2.93. The maximum Gasteiger partial charge on any atom is 0.387 e. The Labute approximate surface area is 182 Å². The van der Waals surface area contributed by atoms with Crippen molar-refractivity contribution in [3.63, 3.8) is 0 Å². The quantitative estimate of drug-likeness (QED) is 0.543. The summed E-state index contributed by atoms with van der Waals surface area (Å²) in [5.74, 6) is 0.507. The number of Topliss-reactive ketones (excluding diaryl/α,β-unsaturated/α-hetero) is 1. The molecule has 1 aromatic heterocycles. The van der Waals surface area contributed by atoms with E-state index in [0.717, 1.165) is 16.7 Å². The molecule has 0 radical (unpaired) electrons. The number of halogens is 3. The van der Waals surface area contributed by atoms with Gasteiger partial charge in [-0.05, 0) is 42.2 Å². The van der Waals surface area contributed by atoms with Crippen LogP contribution in [0.4, 0.5) is 14.7 Å². The van der Waals surface area contributed by atoms with Crippen molar-refractivity contribution in [3.8, 4) is 5.75 Å². The second kappa shape index (κ2) is 7.05. The molecule has 2 heterocycles. The molecule has 8 heteroatoms. The van der Waals surface area contributed by atoms with Crippen LogP contribution in [0.25, 0.3) is 11.0 Å². The van der Waals surface area contributed by atoms with E-state index in [-0.39, 0.29) is 16.9 Å². The summed E-state index contributed by atoms with van der Waals surface area (Å²) in [5.41, 5.74) is 2.99. The predicted molar refractivity (Wildman–Crippen MR) is 115 cm³/mol. The molecular weight excluding hydrogens is 424 g/mol. The number of nitrogens with one attached hydrogen (secondary N) is 1. The number of nitrogens with zero attached hydrogens (tertiary/aromatic N) is 2. The minimum atomic E-state index is -3.00. The lowest BCUT2D eigenvalue weighted by Crippen LogP contribution is -2.36. The fourth-order valence-electron chi connectivity index (χ4n) is 4.65. The first kappa shape index (κ1) is 20.0. The van der Waals surface area contributed by atoms with Crippen molar-refractivity contribution in [1.82, 2.24) is 9.55 Å². The molecule has 5 rings (SSSR count). The van der Waals surface area contributed by atoms with E-state index in [1.165, 1.54) is 12.1 Å². The van der Waals surface area contributed by atoms with E-state index >= 15 is 0 Å². The van der Waals surface area contributed by atoms with Crippen molar-refractivity contribution in [1.29, 1.82) is 0 Å². The lowest BCUT2D eigenvalue weighted by atomic mass is 9.73. The summed E-state index contributed by atoms with van der Waals surface area (Å²) in [6.45, 7) is 1.07. The largest absolute Gasteiger partial charge is 0.434 e. The average molecular weight is 444 g/mol. The zero-order valence-corrected chi connectivity index (χ0v) is 17.7. The van der Waals surface area contributed by atoms with Gasteiger partial charge in [0.25, 0.3) is 0 Å². The lowest BCUT2D eigenvalue weighted by Gasteiger charge is -2.39. The number of allylic oxidation sites excluding steroid dienone is 2. The van der Waals surface area contributed by atoms with E-state index < -0.39 is 12.7 Å². The molecule has 0 fully saturated rings. The number of para-hydroxylation sites is 2. The molecule has 31 heavy (non-hydrogen) atoms. The summed E-state index contributed by atoms with van der Waals surface area (Å²) in [6, 6.07) is 11.3. The minimum absolute atomic E-state index is 0.0143. The minimum Gasteiger partial charge on any atom is -0.434 e. The van der Waals surface area contributed by atoms with Gasteiger partial charge < -0.3 is 10.1 Å². The van der Waals surface area contributed by atoms with Crippen LogP contribution in [-0.2, 0) is 4.79 Å². The number of aromatic nitrogens is 2. The van der Waals surface area contributed by atoms with Crippen LogP contribution in [0, 0.1) is 5.41 Å². The van der Waals surface area contributed by atoms with Crippen LogP contribution in [-0.4, -0.2) is 21.9 Å². The van der Waals surface area contributed by atoms with Crippen LogP contribution in [0.2, 0.25) is 5.02 Å². The Balaban J connectivity index is 1.81. The number of rotatable bonds is 3. The number of carbonyl (C=O) groups is 1. The molecule has 1 aliphatic heterocycles. The van der Waals surface area contributed by atoms with Gasteiger partial charge in [0.05, 0.1) is 17.1 Å². The Kier molecular flexibility index (Phi) is 4.55. The van der Waals surface area contributed by atoms with Gasteiger partial charge in [0.2, 0.25) is 5.95 Å². The SMILES string of the molecule is CC1(C)CC(=O)C2=C(C1)Nc1nc3ccccc3n1C2c1cc(Cl)ccc1OC(F)F. The molecule has 1 N–H and O–H groups in total. The van der Waals surface area contributed by atoms with Crippen molar-refractivity contribution in [2.45, 2.75) is 39.3 Å². The van der Waals surface area contributed by atoms with Gasteiger partial charge in [-0.2, -0.15) is 8.78 Å². The van der Waals surface area contributed by atoms with Crippen LogP contribution in [0.3, 0.4) is 0 Å². The molecule has 0 saturated carbocycles. The highest BCUT2D eigenvalue weighted by atomic mass is 35.5. The predicted octanol–water partition coefficient (Wildman–Crippen LogP) is 5.95. The molecule has 1 atom stereocenters. The van der Waals surface area contributed by atoms with E-state index in [1.54, 1.807) is 6.07 Å². The van der Waals surface area contributed by atoms with Gasteiger partial charge in [-0.1, -0.05) is 37.6 Å². The third kappa shape index (κ3) is 3.37. The van der Waals surface area contributed by atoms with Gasteiger partial charge in [-0.25, -0.2) is 4.98 Å². The molecule has 2 aromatic carbocycles. The fourth-order valence-corrected chi connectivity index (χ4v) is 4.83. The van der Waals surface area contributed by atoms with Gasteiger partial charge in [0, 0.05) is 28.3 Å². The van der Waals surface area contributed by atoms with E-state index in [2.05, 4.69) is 5.32 Å². The van der Waals surface area contributed by atoms with Crippen LogP contribution in [0.15, 0.2) is 53.7 Å². The van der Waals surface area contributed by atoms with Crippen LogP contribution < -0.4 is 10.1 Å². The second-order valence-corrected chi connectivity index (χ2v) is 9.15. The maximum absolute atomic E-state index is 13.4. The lowest BCUT2D eigenvalue weighted by molar-refractivity contribution is -0.118. The Morgan fingerprint density at radius 3 is 2.77 bits per heavy atom. The number of benzene rings is 2. The Bertz CT molecular complexity index is 1250. The summed E-state index contributed by atoms with van der Waals surface area (Å²) < 4.78 is 33.1. The summed E-state index contributed by atoms with van der Waals surface area (Å²) in [7, 11) is 0. The Morgan fingerprint density at radius 1 is 1.23 bits per heavy atom. The van der Waals surface area contributed by atoms with Gasteiger partial charge in [0.1, 0.15) is 5.75 Å². The molecule has 160 valence electrons. The van der Waals surface area contributed by atoms with Gasteiger partial charge in [-0.15, -0.1) is 0 Å². The van der Waals surface area contributed by atoms with Crippen molar-refractivity contribution in [2.24, 2.45) is 5.41 Å². The van der Waals surface area contributed by atoms with Crippen molar-refractivity contribution >= 4 is 34.4 Å². The van der Waals surface area contributed by atoms with Gasteiger partial charge in [0.15, 0.2) is 5.78 Å². The summed E-state index contributed by atoms with van der Waals surface area (Å²) in [6.07, 6.45) is 0.997. The summed E-state index contributed by atoms with van der Waals surface area (Å²) >= 11 is 6.26. The number of fused-ring (bicyclic) bond motifs is 3. The monoisotopic (exact) mass is 443 g/mol. The average Bonchev–Trinajstić information content (AvgIpc) is 3.04. The van der Waals surface area contributed by atoms with Crippen LogP contribution in [0.5, 0.6) is 5.75 Å². The molecule has 3 aromatic rings. The highest BCUT2D eigenvalue weighted by Crippen LogP contribution is 2.49. The number of ether oxygens (including phenoxy) is 1. The number of imidazole rings is 1. The number of hydrogen-bond donors (Lipinski definition) is 1. The number of anilines is 1. The standard InChI is InChI=1S/C23H20ClF2N3O2/c1-23(2)10-15-19(17(30)11-23)20(13-9-12(24)7-8-18(13)31-21(25)26)29-16-6-4-3-5-14(16)27-22(29)28-15/h3-9,20-21H,10-11H2,1-2H3,(H,27,28). The summed E-state index contributed by atoms with van der Waals surface area (Å²) in [5, 5.41) is 3.71. The van der Waals surface area contributed by atoms with Gasteiger partial charge >= 0.3 is 6.61 Å². The molecule has 1 unspecified atom stereocenters. The number of ketones is 1. The molecule has 1 aliphatic carbocycles. The van der Waals surface area contributed by atoms with E-state index in [0.29, 0.717) is 34.9 Å². The fraction of sp³-hybridized carbons (Fsp3) is 0.304. The van der Waals surface area contributed by atoms with Crippen LogP contribution >= 0.6 is 11.6 Å². The molecule has 0 spiro atoms. The molecule has 0 bridgehead atoms. The third-order valence-corrected chi connectivity index (χ3v) is 6.03. The van der Waals surface area contributed by atoms with E-state index in [9.17, 15) is 13.6 Å². The molecule has 5 nitrogen and oxygen atoms in total. The molecule has 0 saturated heterocycles. The van der Waals surface area contributed by atoms with Crippen molar-refractivity contribution < 1.29 is 18.3 Å². The first-order valence-corrected chi connectivity index (χ1v) is 10.4. The van der Waals surface area contributed by atoms with Crippen LogP contribution in [0.1, 0.15) is 38.3 Å². The third-order valence-electron chi connectivity index (χ3n) is 5.79. The maximum atomic E-state index is 13.4. The smallest absolute Gasteiger partial charge is 0.387 e. The first-order chi connectivity index (χ1) is 14.7.